The molecule has 0 aromatic carbocycles. The summed E-state index contributed by atoms with van der Waals surface area (Å²) >= 11 is 0. The molecule has 0 aliphatic heterocycles. The van der Waals surface area contributed by atoms with E-state index in [4.69, 9.17) is 0 Å². The number of aromatic nitrogens is 2. The Morgan fingerprint density at radius 1 is 1.50 bits per heavy atom. The molecular weight excluding hydrogens is 150 g/mol. The van der Waals surface area contributed by atoms with Crippen molar-refractivity contribution in [3.8, 4) is 0 Å². The molecule has 0 amide bonds. The van der Waals surface area contributed by atoms with Crippen LogP contribution in [0.4, 0.5) is 0 Å². The van der Waals surface area contributed by atoms with Crippen LogP contribution in [-0.4, -0.2) is 16.1 Å². The van der Waals surface area contributed by atoms with E-state index in [1.54, 1.807) is 0 Å². The standard InChI is InChI=1S/C9H17N3/c1-3-6-12-7-5-11-9(12)8-10-4-2/h5,7,10H,3-4,6,8H2,1-2H3. The SMILES string of the molecule is CCCn1ccnc1CNCC. The van der Waals surface area contributed by atoms with Gasteiger partial charge in [-0.15, -0.1) is 0 Å². The fourth-order valence-corrected chi connectivity index (χ4v) is 1.19. The van der Waals surface area contributed by atoms with Crippen molar-refractivity contribution in [2.75, 3.05) is 6.54 Å². The molecule has 1 aromatic heterocycles. The molecule has 1 rings (SSSR count). The third-order valence-corrected chi connectivity index (χ3v) is 1.80. The van der Waals surface area contributed by atoms with Crippen molar-refractivity contribution in [1.29, 1.82) is 0 Å². The quantitative estimate of drug-likeness (QED) is 0.718. The van der Waals surface area contributed by atoms with Crippen LogP contribution in [0.25, 0.3) is 0 Å². The van der Waals surface area contributed by atoms with Crippen LogP contribution in [0.1, 0.15) is 26.1 Å². The van der Waals surface area contributed by atoms with Crippen molar-refractivity contribution >= 4 is 0 Å². The molecule has 0 saturated carbocycles. The minimum Gasteiger partial charge on any atom is -0.334 e. The van der Waals surface area contributed by atoms with Crippen molar-refractivity contribution in [1.82, 2.24) is 14.9 Å². The molecule has 0 fully saturated rings. The lowest BCUT2D eigenvalue weighted by molar-refractivity contribution is 0.599. The summed E-state index contributed by atoms with van der Waals surface area (Å²) in [4.78, 5) is 4.27. The van der Waals surface area contributed by atoms with E-state index in [1.807, 2.05) is 12.4 Å². The van der Waals surface area contributed by atoms with E-state index in [2.05, 4.69) is 28.7 Å². The fourth-order valence-electron chi connectivity index (χ4n) is 1.19. The smallest absolute Gasteiger partial charge is 0.122 e. The Kier molecular flexibility index (Phi) is 3.80. The zero-order chi connectivity index (χ0) is 8.81. The first-order chi connectivity index (χ1) is 5.88. The van der Waals surface area contributed by atoms with Gasteiger partial charge in [0.2, 0.25) is 0 Å². The van der Waals surface area contributed by atoms with Gasteiger partial charge in [-0.1, -0.05) is 13.8 Å². The number of aryl methyl sites for hydroxylation is 1. The Balaban J connectivity index is 2.51. The molecule has 3 nitrogen and oxygen atoms in total. The molecule has 0 atom stereocenters. The summed E-state index contributed by atoms with van der Waals surface area (Å²) in [6.07, 6.45) is 5.06. The van der Waals surface area contributed by atoms with E-state index in [0.29, 0.717) is 0 Å². The van der Waals surface area contributed by atoms with Gasteiger partial charge in [0.25, 0.3) is 0 Å². The Hall–Kier alpha value is -0.830. The van der Waals surface area contributed by atoms with E-state index >= 15 is 0 Å². The van der Waals surface area contributed by atoms with E-state index in [0.717, 1.165) is 31.9 Å². The fraction of sp³-hybridized carbons (Fsp3) is 0.667. The molecule has 12 heavy (non-hydrogen) atoms. The van der Waals surface area contributed by atoms with Crippen molar-refractivity contribution in [3.63, 3.8) is 0 Å². The molecule has 68 valence electrons. The second-order valence-electron chi connectivity index (χ2n) is 2.82. The second-order valence-corrected chi connectivity index (χ2v) is 2.82. The summed E-state index contributed by atoms with van der Waals surface area (Å²) < 4.78 is 2.20. The second kappa shape index (κ2) is 4.93. The lowest BCUT2D eigenvalue weighted by Gasteiger charge is -2.05. The third kappa shape index (κ3) is 2.34. The van der Waals surface area contributed by atoms with Gasteiger partial charge in [-0.25, -0.2) is 4.98 Å². The minimum atomic E-state index is 0.878. The van der Waals surface area contributed by atoms with Gasteiger partial charge in [0.1, 0.15) is 5.82 Å². The maximum Gasteiger partial charge on any atom is 0.122 e. The van der Waals surface area contributed by atoms with E-state index in [-0.39, 0.29) is 0 Å². The zero-order valence-electron chi connectivity index (χ0n) is 7.88. The summed E-state index contributed by atoms with van der Waals surface area (Å²) in [6, 6.07) is 0. The average molecular weight is 167 g/mol. The van der Waals surface area contributed by atoms with Crippen LogP contribution in [0.2, 0.25) is 0 Å². The maximum atomic E-state index is 4.27. The van der Waals surface area contributed by atoms with Crippen LogP contribution in [0.15, 0.2) is 12.4 Å². The van der Waals surface area contributed by atoms with E-state index in [9.17, 15) is 0 Å². The Morgan fingerprint density at radius 3 is 3.00 bits per heavy atom. The first kappa shape index (κ1) is 9.26. The number of rotatable bonds is 5. The Morgan fingerprint density at radius 2 is 2.33 bits per heavy atom. The normalized spacial score (nSPS) is 10.5. The van der Waals surface area contributed by atoms with Crippen molar-refractivity contribution in [2.24, 2.45) is 0 Å². The lowest BCUT2D eigenvalue weighted by atomic mass is 10.4. The highest BCUT2D eigenvalue weighted by atomic mass is 15.1. The molecule has 0 aliphatic carbocycles. The van der Waals surface area contributed by atoms with E-state index < -0.39 is 0 Å². The highest BCUT2D eigenvalue weighted by molar-refractivity contribution is 4.91. The molecule has 0 spiro atoms. The number of nitrogens with zero attached hydrogens (tertiary/aromatic N) is 2. The first-order valence-corrected chi connectivity index (χ1v) is 4.59. The van der Waals surface area contributed by atoms with Gasteiger partial charge < -0.3 is 9.88 Å². The number of hydrogen-bond acceptors (Lipinski definition) is 2. The summed E-state index contributed by atoms with van der Waals surface area (Å²) in [5.74, 6) is 1.14. The van der Waals surface area contributed by atoms with Crippen LogP contribution < -0.4 is 5.32 Å². The first-order valence-electron chi connectivity index (χ1n) is 4.59. The van der Waals surface area contributed by atoms with Gasteiger partial charge in [-0.3, -0.25) is 0 Å². The highest BCUT2D eigenvalue weighted by Gasteiger charge is 1.99. The largest absolute Gasteiger partial charge is 0.334 e. The molecule has 1 heterocycles. The maximum absolute atomic E-state index is 4.27. The number of nitrogens with one attached hydrogen (secondary N) is 1. The molecular formula is C9H17N3. The number of hydrogen-bond donors (Lipinski definition) is 1. The monoisotopic (exact) mass is 167 g/mol. The third-order valence-electron chi connectivity index (χ3n) is 1.80. The van der Waals surface area contributed by atoms with Crippen LogP contribution in [0, 0.1) is 0 Å². The van der Waals surface area contributed by atoms with Gasteiger partial charge in [0.05, 0.1) is 6.54 Å². The topological polar surface area (TPSA) is 29.9 Å². The van der Waals surface area contributed by atoms with Gasteiger partial charge in [-0.05, 0) is 13.0 Å². The van der Waals surface area contributed by atoms with Gasteiger partial charge in [-0.2, -0.15) is 0 Å². The van der Waals surface area contributed by atoms with E-state index in [1.165, 1.54) is 0 Å². The predicted octanol–water partition coefficient (Wildman–Crippen LogP) is 1.40. The molecule has 0 aliphatic rings. The van der Waals surface area contributed by atoms with Gasteiger partial charge in [0, 0.05) is 18.9 Å². The number of imidazole rings is 1. The Labute approximate surface area is 73.8 Å². The average Bonchev–Trinajstić information content (AvgIpc) is 2.50. The van der Waals surface area contributed by atoms with Crippen molar-refractivity contribution in [3.05, 3.63) is 18.2 Å². The van der Waals surface area contributed by atoms with Gasteiger partial charge >= 0.3 is 0 Å². The molecule has 3 heteroatoms. The molecule has 0 radical (unpaired) electrons. The summed E-state index contributed by atoms with van der Waals surface area (Å²) in [7, 11) is 0. The molecule has 0 bridgehead atoms. The van der Waals surface area contributed by atoms with Gasteiger partial charge in [0.15, 0.2) is 0 Å². The Bertz CT molecular complexity index is 217. The summed E-state index contributed by atoms with van der Waals surface area (Å²) in [5.41, 5.74) is 0. The summed E-state index contributed by atoms with van der Waals surface area (Å²) in [6.45, 7) is 7.23. The van der Waals surface area contributed by atoms with Crippen molar-refractivity contribution < 1.29 is 0 Å². The van der Waals surface area contributed by atoms with Crippen LogP contribution in [-0.2, 0) is 13.1 Å². The molecule has 0 unspecified atom stereocenters. The van der Waals surface area contributed by atoms with Crippen LogP contribution in [0.3, 0.4) is 0 Å². The highest BCUT2D eigenvalue weighted by Crippen LogP contribution is 1.98. The van der Waals surface area contributed by atoms with Crippen LogP contribution >= 0.6 is 0 Å². The zero-order valence-corrected chi connectivity index (χ0v) is 7.88. The van der Waals surface area contributed by atoms with Crippen LogP contribution in [0.5, 0.6) is 0 Å². The molecule has 1 N–H and O–H groups in total. The van der Waals surface area contributed by atoms with Crippen molar-refractivity contribution in [2.45, 2.75) is 33.4 Å². The predicted molar refractivity (Wildman–Crippen MR) is 49.9 cm³/mol. The molecule has 1 aromatic rings. The summed E-state index contributed by atoms with van der Waals surface area (Å²) in [5, 5.41) is 3.27. The molecule has 0 saturated heterocycles. The lowest BCUT2D eigenvalue weighted by Crippen LogP contribution is -2.16. The minimum absolute atomic E-state index is 0.878.